The summed E-state index contributed by atoms with van der Waals surface area (Å²) in [6, 6.07) is 8.16. The normalized spacial score (nSPS) is 10.7. The average molecular weight is 381 g/mol. The maximum atomic E-state index is 5.37. The molecule has 0 saturated heterocycles. The van der Waals surface area contributed by atoms with Crippen LogP contribution in [0.4, 0.5) is 0 Å². The first-order chi connectivity index (χ1) is 10.8. The van der Waals surface area contributed by atoms with Crippen LogP contribution in [-0.4, -0.2) is 9.97 Å². The lowest BCUT2D eigenvalue weighted by molar-refractivity contribution is 1.24. The molecule has 3 aromatic rings. The van der Waals surface area contributed by atoms with Crippen LogP contribution in [0.5, 0.6) is 0 Å². The largest absolute Gasteiger partial charge is 0.264 e. The van der Waals surface area contributed by atoms with Gasteiger partial charge in [0.1, 0.15) is 3.14 Å². The van der Waals surface area contributed by atoms with Gasteiger partial charge in [-0.25, -0.2) is 0 Å². The minimum Gasteiger partial charge on any atom is -0.264 e. The SMILES string of the molecule is S=c1sc(SCc2cccnc2)c(SCc2cccnc2)s1. The lowest BCUT2D eigenvalue weighted by Crippen LogP contribution is -1.82. The molecule has 0 spiro atoms. The van der Waals surface area contributed by atoms with Crippen molar-refractivity contribution < 1.29 is 0 Å². The van der Waals surface area contributed by atoms with Crippen LogP contribution >= 0.6 is 58.4 Å². The van der Waals surface area contributed by atoms with Gasteiger partial charge in [-0.15, -0.1) is 46.2 Å². The first-order valence-electron chi connectivity index (χ1n) is 6.48. The van der Waals surface area contributed by atoms with Gasteiger partial charge in [-0.05, 0) is 23.3 Å². The number of nitrogens with zero attached hydrogens (tertiary/aromatic N) is 2. The predicted molar refractivity (Wildman–Crippen MR) is 101 cm³/mol. The van der Waals surface area contributed by atoms with Crippen molar-refractivity contribution in [1.82, 2.24) is 9.97 Å². The second kappa shape index (κ2) is 8.21. The van der Waals surface area contributed by atoms with Crippen LogP contribution in [0.3, 0.4) is 0 Å². The van der Waals surface area contributed by atoms with Gasteiger partial charge in [0, 0.05) is 36.3 Å². The van der Waals surface area contributed by atoms with Crippen LogP contribution in [-0.2, 0) is 11.5 Å². The zero-order valence-electron chi connectivity index (χ0n) is 11.5. The maximum absolute atomic E-state index is 5.37. The third kappa shape index (κ3) is 4.63. The summed E-state index contributed by atoms with van der Waals surface area (Å²) in [5.41, 5.74) is 2.47. The Bertz CT molecular complexity index is 703. The molecule has 0 aliphatic rings. The van der Waals surface area contributed by atoms with Crippen molar-refractivity contribution in [2.45, 2.75) is 19.9 Å². The molecule has 0 saturated carbocycles. The number of aromatic nitrogens is 2. The smallest absolute Gasteiger partial charge is 0.145 e. The van der Waals surface area contributed by atoms with Crippen LogP contribution in [0.25, 0.3) is 0 Å². The zero-order valence-corrected chi connectivity index (χ0v) is 15.6. The molecule has 112 valence electrons. The summed E-state index contributed by atoms with van der Waals surface area (Å²) in [6.07, 6.45) is 7.44. The van der Waals surface area contributed by atoms with Gasteiger partial charge in [-0.2, -0.15) is 0 Å². The molecule has 7 heteroatoms. The molecule has 0 amide bonds. The Kier molecular flexibility index (Phi) is 6.03. The lowest BCUT2D eigenvalue weighted by atomic mass is 10.3. The van der Waals surface area contributed by atoms with E-state index < -0.39 is 0 Å². The molecular weight excluding hydrogens is 369 g/mol. The highest BCUT2D eigenvalue weighted by Crippen LogP contribution is 2.42. The van der Waals surface area contributed by atoms with Crippen molar-refractivity contribution >= 4 is 58.4 Å². The van der Waals surface area contributed by atoms with Gasteiger partial charge in [0.15, 0.2) is 0 Å². The molecule has 0 atom stereocenters. The van der Waals surface area contributed by atoms with E-state index in [1.54, 1.807) is 35.1 Å². The number of rotatable bonds is 6. The minimum atomic E-state index is 0.927. The van der Waals surface area contributed by atoms with Crippen LogP contribution in [0, 0.1) is 3.14 Å². The molecule has 0 aliphatic carbocycles. The molecule has 3 aromatic heterocycles. The molecule has 0 fully saturated rings. The summed E-state index contributed by atoms with van der Waals surface area (Å²) >= 11 is 12.5. The van der Waals surface area contributed by atoms with E-state index in [1.165, 1.54) is 19.5 Å². The van der Waals surface area contributed by atoms with Crippen molar-refractivity contribution in [2.24, 2.45) is 0 Å². The molecule has 22 heavy (non-hydrogen) atoms. The van der Waals surface area contributed by atoms with E-state index in [2.05, 4.69) is 22.1 Å². The molecule has 0 radical (unpaired) electrons. The fraction of sp³-hybridized carbons (Fsp3) is 0.133. The highest BCUT2D eigenvalue weighted by Gasteiger charge is 2.09. The topological polar surface area (TPSA) is 25.8 Å². The fourth-order valence-corrected chi connectivity index (χ4v) is 7.67. The van der Waals surface area contributed by atoms with Crippen molar-refractivity contribution in [3.63, 3.8) is 0 Å². The van der Waals surface area contributed by atoms with Crippen LogP contribution in [0.2, 0.25) is 0 Å². The number of pyridine rings is 2. The molecule has 0 bridgehead atoms. The fourth-order valence-electron chi connectivity index (χ4n) is 1.70. The Labute approximate surface area is 151 Å². The predicted octanol–water partition coefficient (Wildman–Crippen LogP) is 5.91. The summed E-state index contributed by atoms with van der Waals surface area (Å²) < 4.78 is 3.61. The van der Waals surface area contributed by atoms with E-state index in [-0.39, 0.29) is 0 Å². The van der Waals surface area contributed by atoms with Gasteiger partial charge < -0.3 is 0 Å². The summed E-state index contributed by atoms with van der Waals surface area (Å²) in [5.74, 6) is 1.85. The standard InChI is InChI=1S/C15H12N2S5/c18-15-21-13(19-9-11-3-1-5-16-7-11)14(22-15)20-10-12-4-2-6-17-8-12/h1-8H,9-10H2. The van der Waals surface area contributed by atoms with Crippen LogP contribution in [0.15, 0.2) is 57.5 Å². The summed E-state index contributed by atoms with van der Waals surface area (Å²) in [5, 5.41) is 0. The molecule has 0 N–H and O–H groups in total. The Morgan fingerprint density at radius 1 is 0.864 bits per heavy atom. The molecule has 3 rings (SSSR count). The minimum absolute atomic E-state index is 0.927. The number of thioether (sulfide) groups is 2. The maximum Gasteiger partial charge on any atom is 0.145 e. The first kappa shape index (κ1) is 16.1. The monoisotopic (exact) mass is 380 g/mol. The van der Waals surface area contributed by atoms with Gasteiger partial charge in [0.2, 0.25) is 0 Å². The van der Waals surface area contributed by atoms with E-state index in [0.717, 1.165) is 14.6 Å². The van der Waals surface area contributed by atoms with Gasteiger partial charge >= 0.3 is 0 Å². The number of hydrogen-bond donors (Lipinski definition) is 0. The molecule has 2 nitrogen and oxygen atoms in total. The second-order valence-corrected chi connectivity index (χ2v) is 10.0. The Balaban J connectivity index is 1.66. The third-order valence-corrected chi connectivity index (χ3v) is 8.43. The summed E-state index contributed by atoms with van der Waals surface area (Å²) in [6.45, 7) is 0. The van der Waals surface area contributed by atoms with Crippen LogP contribution < -0.4 is 0 Å². The van der Waals surface area contributed by atoms with E-state index >= 15 is 0 Å². The summed E-state index contributed by atoms with van der Waals surface area (Å²) in [4.78, 5) is 8.32. The Hall–Kier alpha value is -0.730. The van der Waals surface area contributed by atoms with Gasteiger partial charge in [-0.3, -0.25) is 9.97 Å². The van der Waals surface area contributed by atoms with Crippen molar-refractivity contribution in [3.05, 3.63) is 63.3 Å². The van der Waals surface area contributed by atoms with E-state index in [0.29, 0.717) is 0 Å². The van der Waals surface area contributed by atoms with E-state index in [9.17, 15) is 0 Å². The van der Waals surface area contributed by atoms with Crippen molar-refractivity contribution in [3.8, 4) is 0 Å². The average Bonchev–Trinajstić information content (AvgIpc) is 2.93. The molecule has 3 heterocycles. The molecule has 0 aromatic carbocycles. The Morgan fingerprint density at radius 2 is 1.36 bits per heavy atom. The molecule has 0 aliphatic heterocycles. The molecule has 0 unspecified atom stereocenters. The third-order valence-electron chi connectivity index (χ3n) is 2.70. The van der Waals surface area contributed by atoms with Crippen molar-refractivity contribution in [1.29, 1.82) is 0 Å². The lowest BCUT2D eigenvalue weighted by Gasteiger charge is -2.03. The van der Waals surface area contributed by atoms with Crippen molar-refractivity contribution in [2.75, 3.05) is 0 Å². The van der Waals surface area contributed by atoms with Gasteiger partial charge in [0.25, 0.3) is 0 Å². The highest BCUT2D eigenvalue weighted by molar-refractivity contribution is 8.04. The molecular formula is C15H12N2S5. The zero-order chi connectivity index (χ0) is 15.2. The first-order valence-corrected chi connectivity index (χ1v) is 10.5. The highest BCUT2D eigenvalue weighted by atomic mass is 32.2. The van der Waals surface area contributed by atoms with Gasteiger partial charge in [0.05, 0.1) is 8.42 Å². The summed E-state index contributed by atoms with van der Waals surface area (Å²) in [7, 11) is 0. The second-order valence-electron chi connectivity index (χ2n) is 4.33. The quantitative estimate of drug-likeness (QED) is 0.391. The van der Waals surface area contributed by atoms with Gasteiger partial charge in [-0.1, -0.05) is 24.4 Å². The number of hydrogen-bond acceptors (Lipinski definition) is 7. The van der Waals surface area contributed by atoms with E-state index in [4.69, 9.17) is 12.2 Å². The van der Waals surface area contributed by atoms with E-state index in [1.807, 2.05) is 48.1 Å². The Morgan fingerprint density at radius 3 is 1.77 bits per heavy atom. The van der Waals surface area contributed by atoms with Crippen LogP contribution in [0.1, 0.15) is 11.1 Å².